The van der Waals surface area contributed by atoms with Crippen molar-refractivity contribution in [1.82, 2.24) is 9.78 Å². The summed E-state index contributed by atoms with van der Waals surface area (Å²) in [5.41, 5.74) is 3.64. The highest BCUT2D eigenvalue weighted by atomic mass is 32.2. The maximum atomic E-state index is 13.2. The molecule has 32 heavy (non-hydrogen) atoms. The van der Waals surface area contributed by atoms with Crippen LogP contribution in [0, 0.1) is 5.92 Å². The van der Waals surface area contributed by atoms with E-state index >= 15 is 0 Å². The van der Waals surface area contributed by atoms with Crippen molar-refractivity contribution in [2.45, 2.75) is 30.3 Å². The number of nitrogens with zero attached hydrogens (tertiary/aromatic N) is 2. The average Bonchev–Trinajstić information content (AvgIpc) is 3.49. The predicted molar refractivity (Wildman–Crippen MR) is 122 cm³/mol. The van der Waals surface area contributed by atoms with Crippen LogP contribution < -0.4 is 19.5 Å². The summed E-state index contributed by atoms with van der Waals surface area (Å²) in [7, 11) is 1.65. The minimum atomic E-state index is -0.196. The van der Waals surface area contributed by atoms with Crippen LogP contribution in [0.5, 0.6) is 17.2 Å². The van der Waals surface area contributed by atoms with Gasteiger partial charge in [-0.05, 0) is 61.2 Å². The molecular weight excluding hydrogens is 426 g/mol. The summed E-state index contributed by atoms with van der Waals surface area (Å²) in [5, 5.41) is 8.54. The van der Waals surface area contributed by atoms with Gasteiger partial charge in [0.05, 0.1) is 23.7 Å². The number of thioether (sulfide) groups is 1. The molecule has 3 heterocycles. The van der Waals surface area contributed by atoms with E-state index in [1.165, 1.54) is 19.3 Å². The van der Waals surface area contributed by atoms with Crippen molar-refractivity contribution in [3.05, 3.63) is 59.3 Å². The molecule has 0 saturated heterocycles. The topological polar surface area (TPSA) is 74.6 Å². The molecule has 0 spiro atoms. The lowest BCUT2D eigenvalue weighted by Gasteiger charge is -2.30. The van der Waals surface area contributed by atoms with Gasteiger partial charge in [-0.3, -0.25) is 4.79 Å². The molecule has 6 rings (SSSR count). The zero-order valence-corrected chi connectivity index (χ0v) is 18.5. The Balaban J connectivity index is 1.37. The van der Waals surface area contributed by atoms with Crippen LogP contribution in [0.15, 0.2) is 42.5 Å². The Morgan fingerprint density at radius 3 is 2.72 bits per heavy atom. The lowest BCUT2D eigenvalue weighted by Crippen LogP contribution is -2.17. The van der Waals surface area contributed by atoms with Gasteiger partial charge in [-0.15, -0.1) is 11.8 Å². The van der Waals surface area contributed by atoms with E-state index < -0.39 is 0 Å². The normalized spacial score (nSPS) is 18.8. The molecule has 7 nitrogen and oxygen atoms in total. The molecule has 1 unspecified atom stereocenters. The van der Waals surface area contributed by atoms with E-state index in [1.54, 1.807) is 25.3 Å². The van der Waals surface area contributed by atoms with E-state index in [4.69, 9.17) is 19.3 Å². The first-order valence-corrected chi connectivity index (χ1v) is 11.8. The average molecular weight is 450 g/mol. The highest BCUT2D eigenvalue weighted by molar-refractivity contribution is 7.99. The molecule has 1 amide bonds. The van der Waals surface area contributed by atoms with Gasteiger partial charge in [0.15, 0.2) is 11.5 Å². The maximum Gasteiger partial charge on any atom is 0.256 e. The van der Waals surface area contributed by atoms with Gasteiger partial charge in [0.1, 0.15) is 11.6 Å². The lowest BCUT2D eigenvalue weighted by molar-refractivity contribution is 0.102. The SMILES string of the molecule is COc1ccc(-n2nc3c(c2NC(=O)c2ccc4c(c2)OCO4)CSC3C2CCC2)cc1. The van der Waals surface area contributed by atoms with Gasteiger partial charge in [-0.2, -0.15) is 5.10 Å². The number of rotatable bonds is 5. The molecule has 164 valence electrons. The maximum absolute atomic E-state index is 13.2. The van der Waals surface area contributed by atoms with Crippen LogP contribution in [-0.4, -0.2) is 29.6 Å². The van der Waals surface area contributed by atoms with Crippen molar-refractivity contribution in [2.24, 2.45) is 5.92 Å². The summed E-state index contributed by atoms with van der Waals surface area (Å²) in [5.74, 6) is 4.10. The van der Waals surface area contributed by atoms with Gasteiger partial charge in [0.25, 0.3) is 5.91 Å². The van der Waals surface area contributed by atoms with E-state index in [1.807, 2.05) is 40.7 Å². The van der Waals surface area contributed by atoms with E-state index in [0.717, 1.165) is 34.3 Å². The molecule has 1 saturated carbocycles. The molecule has 2 aliphatic heterocycles. The number of benzene rings is 2. The summed E-state index contributed by atoms with van der Waals surface area (Å²) in [6, 6.07) is 13.0. The molecule has 3 aliphatic rings. The fourth-order valence-corrected chi connectivity index (χ4v) is 5.97. The smallest absolute Gasteiger partial charge is 0.256 e. The number of amides is 1. The van der Waals surface area contributed by atoms with E-state index in [9.17, 15) is 4.79 Å². The predicted octanol–water partition coefficient (Wildman–Crippen LogP) is 4.95. The first kappa shape index (κ1) is 19.5. The Hall–Kier alpha value is -3.13. The van der Waals surface area contributed by atoms with Crippen LogP contribution in [0.3, 0.4) is 0 Å². The molecule has 0 bridgehead atoms. The number of ether oxygens (including phenoxy) is 3. The highest BCUT2D eigenvalue weighted by Gasteiger charge is 2.39. The second-order valence-corrected chi connectivity index (χ2v) is 9.40. The fourth-order valence-electron chi connectivity index (χ4n) is 4.45. The van der Waals surface area contributed by atoms with Crippen LogP contribution in [-0.2, 0) is 5.75 Å². The van der Waals surface area contributed by atoms with Gasteiger partial charge >= 0.3 is 0 Å². The quantitative estimate of drug-likeness (QED) is 0.594. The minimum absolute atomic E-state index is 0.179. The summed E-state index contributed by atoms with van der Waals surface area (Å²) in [4.78, 5) is 13.2. The van der Waals surface area contributed by atoms with E-state index in [0.29, 0.717) is 28.2 Å². The first-order valence-electron chi connectivity index (χ1n) is 10.8. The molecule has 0 radical (unpaired) electrons. The molecular formula is C24H23N3O4S. The van der Waals surface area contributed by atoms with Crippen molar-refractivity contribution in [1.29, 1.82) is 0 Å². The number of nitrogens with one attached hydrogen (secondary N) is 1. The molecule has 1 aliphatic carbocycles. The molecule has 1 N–H and O–H groups in total. The van der Waals surface area contributed by atoms with Crippen molar-refractivity contribution >= 4 is 23.5 Å². The Morgan fingerprint density at radius 1 is 1.16 bits per heavy atom. The fraction of sp³-hybridized carbons (Fsp3) is 0.333. The lowest BCUT2D eigenvalue weighted by atomic mass is 9.81. The molecule has 8 heteroatoms. The van der Waals surface area contributed by atoms with E-state index in [-0.39, 0.29) is 12.7 Å². The number of hydrogen-bond acceptors (Lipinski definition) is 6. The molecule has 1 aromatic heterocycles. The number of aromatic nitrogens is 2. The highest BCUT2D eigenvalue weighted by Crippen LogP contribution is 2.53. The van der Waals surface area contributed by atoms with Gasteiger partial charge in [0.2, 0.25) is 6.79 Å². The van der Waals surface area contributed by atoms with Crippen molar-refractivity contribution in [3.8, 4) is 22.9 Å². The Labute approximate surface area is 190 Å². The molecule has 2 aromatic carbocycles. The number of methoxy groups -OCH3 is 1. The zero-order chi connectivity index (χ0) is 21.7. The van der Waals surface area contributed by atoms with Crippen molar-refractivity contribution in [2.75, 3.05) is 19.2 Å². The zero-order valence-electron chi connectivity index (χ0n) is 17.7. The van der Waals surface area contributed by atoms with Gasteiger partial charge in [-0.25, -0.2) is 4.68 Å². The molecule has 1 fully saturated rings. The van der Waals surface area contributed by atoms with Crippen LogP contribution in [0.2, 0.25) is 0 Å². The molecule has 3 aromatic rings. The number of carbonyl (C=O) groups is 1. The summed E-state index contributed by atoms with van der Waals surface area (Å²) >= 11 is 1.94. The number of hydrogen-bond donors (Lipinski definition) is 1. The van der Waals surface area contributed by atoms with Crippen LogP contribution >= 0.6 is 11.8 Å². The monoisotopic (exact) mass is 449 g/mol. The Morgan fingerprint density at radius 2 is 1.97 bits per heavy atom. The van der Waals surface area contributed by atoms with Crippen LogP contribution in [0.25, 0.3) is 5.69 Å². The number of fused-ring (bicyclic) bond motifs is 2. The third kappa shape index (κ3) is 3.21. The number of anilines is 1. The summed E-state index contributed by atoms with van der Waals surface area (Å²) in [6.07, 6.45) is 3.81. The Kier molecular flexibility index (Phi) is 4.75. The summed E-state index contributed by atoms with van der Waals surface area (Å²) in [6.45, 7) is 0.179. The minimum Gasteiger partial charge on any atom is -0.497 e. The van der Waals surface area contributed by atoms with Gasteiger partial charge in [-0.1, -0.05) is 6.42 Å². The van der Waals surface area contributed by atoms with Crippen molar-refractivity contribution in [3.63, 3.8) is 0 Å². The van der Waals surface area contributed by atoms with Gasteiger partial charge < -0.3 is 19.5 Å². The van der Waals surface area contributed by atoms with E-state index in [2.05, 4.69) is 5.32 Å². The first-order chi connectivity index (χ1) is 15.7. The largest absolute Gasteiger partial charge is 0.497 e. The number of carbonyl (C=O) groups excluding carboxylic acids is 1. The van der Waals surface area contributed by atoms with Gasteiger partial charge in [0, 0.05) is 16.9 Å². The second-order valence-electron chi connectivity index (χ2n) is 8.27. The van der Waals surface area contributed by atoms with Crippen LogP contribution in [0.4, 0.5) is 5.82 Å². The second kappa shape index (κ2) is 7.78. The Bertz CT molecular complexity index is 1190. The van der Waals surface area contributed by atoms with Crippen LogP contribution in [0.1, 0.15) is 46.1 Å². The molecule has 1 atom stereocenters. The third-order valence-corrected chi connectivity index (χ3v) is 7.88. The third-order valence-electron chi connectivity index (χ3n) is 6.45. The standard InChI is InChI=1S/C24H23N3O4S/c1-29-17-8-6-16(7-9-17)27-23(18-12-32-22(21(18)26-27)14-3-2-4-14)25-24(28)15-5-10-19-20(11-15)31-13-30-19/h5-11,14,22H,2-4,12-13H2,1H3,(H,25,28). The van der Waals surface area contributed by atoms with Crippen molar-refractivity contribution < 1.29 is 19.0 Å². The summed E-state index contributed by atoms with van der Waals surface area (Å²) < 4.78 is 18.0.